The van der Waals surface area contributed by atoms with Gasteiger partial charge in [0.1, 0.15) is 29.5 Å². The Morgan fingerprint density at radius 3 is 1.95 bits per heavy atom. The Balaban J connectivity index is 1.70. The molecule has 0 atom stereocenters. The summed E-state index contributed by atoms with van der Waals surface area (Å²) >= 11 is 0. The van der Waals surface area contributed by atoms with Gasteiger partial charge in [0.05, 0.1) is 37.7 Å². The Morgan fingerprint density at radius 1 is 0.769 bits per heavy atom. The van der Waals surface area contributed by atoms with E-state index < -0.39 is 17.6 Å². The first-order valence-corrected chi connectivity index (χ1v) is 12.2. The molecule has 0 radical (unpaired) electrons. The molecule has 206 valence electrons. The normalized spacial score (nSPS) is 10.7. The number of hydrogen-bond acceptors (Lipinski definition) is 7. The fourth-order valence-electron chi connectivity index (χ4n) is 3.39. The van der Waals surface area contributed by atoms with E-state index in [0.29, 0.717) is 28.4 Å². The quantitative estimate of drug-likeness (QED) is 0.308. The van der Waals surface area contributed by atoms with Gasteiger partial charge in [-0.15, -0.1) is 0 Å². The van der Waals surface area contributed by atoms with Crippen LogP contribution in [0.2, 0.25) is 0 Å². The predicted octanol–water partition coefficient (Wildman–Crippen LogP) is 5.11. The molecule has 3 N–H and O–H groups in total. The maximum absolute atomic E-state index is 13.3. The van der Waals surface area contributed by atoms with Gasteiger partial charge in [-0.2, -0.15) is 0 Å². The van der Waals surface area contributed by atoms with Gasteiger partial charge < -0.3 is 34.9 Å². The number of hydrogen-bond donors (Lipinski definition) is 3. The Bertz CT molecular complexity index is 1300. The summed E-state index contributed by atoms with van der Waals surface area (Å²) in [7, 11) is 3.05. The number of methoxy groups -OCH3 is 2. The van der Waals surface area contributed by atoms with E-state index in [0.717, 1.165) is 0 Å². The molecule has 0 fully saturated rings. The van der Waals surface area contributed by atoms with Crippen LogP contribution in [0.4, 0.5) is 16.2 Å². The second kappa shape index (κ2) is 13.2. The van der Waals surface area contributed by atoms with Gasteiger partial charge >= 0.3 is 6.09 Å². The zero-order chi connectivity index (χ0) is 28.4. The molecule has 10 nitrogen and oxygen atoms in total. The van der Waals surface area contributed by atoms with Crippen LogP contribution in [0, 0.1) is 0 Å². The summed E-state index contributed by atoms with van der Waals surface area (Å²) in [4.78, 5) is 37.9. The fraction of sp³-hybridized carbons (Fsp3) is 0.276. The van der Waals surface area contributed by atoms with Crippen LogP contribution in [0.15, 0.2) is 66.7 Å². The largest absolute Gasteiger partial charge is 0.497 e. The summed E-state index contributed by atoms with van der Waals surface area (Å²) in [5.74, 6) is 0.591. The standard InChI is InChI=1S/C29H33N3O7/c1-29(2,3)39-28(35)30-16-17-38-25-18-21(37-5)14-15-22(25)27(34)32-24-9-7-6-8-23(24)31-26(33)19-10-12-20(36-4)13-11-19/h6-15,18H,16-17H2,1-5H3,(H,30,35)(H,31,33)(H,32,34). The van der Waals surface area contributed by atoms with Gasteiger partial charge in [-0.1, -0.05) is 12.1 Å². The van der Waals surface area contributed by atoms with Crippen molar-refractivity contribution in [3.05, 3.63) is 77.9 Å². The van der Waals surface area contributed by atoms with Crippen molar-refractivity contribution in [1.82, 2.24) is 5.32 Å². The number of para-hydroxylation sites is 2. The summed E-state index contributed by atoms with van der Waals surface area (Å²) < 4.78 is 21.4. The average molecular weight is 536 g/mol. The van der Waals surface area contributed by atoms with Crippen LogP contribution in [0.25, 0.3) is 0 Å². The molecule has 39 heavy (non-hydrogen) atoms. The molecule has 0 saturated carbocycles. The maximum atomic E-state index is 13.3. The van der Waals surface area contributed by atoms with Crippen molar-refractivity contribution in [2.45, 2.75) is 26.4 Å². The zero-order valence-electron chi connectivity index (χ0n) is 22.6. The first-order chi connectivity index (χ1) is 18.6. The second-order valence-electron chi connectivity index (χ2n) is 9.32. The van der Waals surface area contributed by atoms with Crippen LogP contribution >= 0.6 is 0 Å². The molecule has 3 aromatic carbocycles. The third-order valence-corrected chi connectivity index (χ3v) is 5.24. The van der Waals surface area contributed by atoms with E-state index in [2.05, 4.69) is 16.0 Å². The van der Waals surface area contributed by atoms with Gasteiger partial charge in [0.2, 0.25) is 0 Å². The smallest absolute Gasteiger partial charge is 0.407 e. The SMILES string of the molecule is COc1ccc(C(=O)Nc2ccccc2NC(=O)c2ccc(OC)cc2OCCNC(=O)OC(C)(C)C)cc1. The highest BCUT2D eigenvalue weighted by Gasteiger charge is 2.18. The molecule has 0 saturated heterocycles. The lowest BCUT2D eigenvalue weighted by molar-refractivity contribution is 0.0519. The van der Waals surface area contributed by atoms with Crippen LogP contribution < -0.4 is 30.2 Å². The van der Waals surface area contributed by atoms with E-state index in [1.165, 1.54) is 7.11 Å². The molecule has 3 amide bonds. The number of ether oxygens (including phenoxy) is 4. The summed E-state index contributed by atoms with van der Waals surface area (Å²) in [5, 5.41) is 8.26. The van der Waals surface area contributed by atoms with Crippen molar-refractivity contribution in [3.8, 4) is 17.2 Å². The van der Waals surface area contributed by atoms with Crippen LogP contribution in [0.3, 0.4) is 0 Å². The number of nitrogens with one attached hydrogen (secondary N) is 3. The summed E-state index contributed by atoms with van der Waals surface area (Å²) in [5.41, 5.74) is 0.877. The number of carbonyl (C=O) groups is 3. The third-order valence-electron chi connectivity index (χ3n) is 5.24. The Labute approximate surface area is 227 Å². The highest BCUT2D eigenvalue weighted by atomic mass is 16.6. The van der Waals surface area contributed by atoms with Crippen LogP contribution in [0.1, 0.15) is 41.5 Å². The molecule has 3 aromatic rings. The molecule has 0 aliphatic rings. The van der Waals surface area contributed by atoms with Crippen LogP contribution in [0.5, 0.6) is 17.2 Å². The number of carbonyl (C=O) groups excluding carboxylic acids is 3. The Hall–Kier alpha value is -4.73. The van der Waals surface area contributed by atoms with Gasteiger partial charge in [-0.05, 0) is 69.3 Å². The average Bonchev–Trinajstić information content (AvgIpc) is 2.91. The fourth-order valence-corrected chi connectivity index (χ4v) is 3.39. The van der Waals surface area contributed by atoms with E-state index in [1.807, 2.05) is 0 Å². The molecule has 0 aliphatic heterocycles. The number of anilines is 2. The molecule has 0 heterocycles. The molecule has 0 aromatic heterocycles. The highest BCUT2D eigenvalue weighted by Crippen LogP contribution is 2.28. The number of alkyl carbamates (subject to hydrolysis) is 1. The first kappa shape index (κ1) is 28.8. The zero-order valence-corrected chi connectivity index (χ0v) is 22.6. The first-order valence-electron chi connectivity index (χ1n) is 12.2. The van der Waals surface area contributed by atoms with Crippen molar-refractivity contribution in [3.63, 3.8) is 0 Å². The molecule has 0 aliphatic carbocycles. The van der Waals surface area contributed by atoms with Gasteiger partial charge in [0.15, 0.2) is 0 Å². The second-order valence-corrected chi connectivity index (χ2v) is 9.32. The van der Waals surface area contributed by atoms with Crippen molar-refractivity contribution >= 4 is 29.3 Å². The Morgan fingerprint density at radius 2 is 1.36 bits per heavy atom. The minimum Gasteiger partial charge on any atom is -0.497 e. The van der Waals surface area contributed by atoms with E-state index >= 15 is 0 Å². The van der Waals surface area contributed by atoms with E-state index in [1.54, 1.807) is 94.6 Å². The van der Waals surface area contributed by atoms with E-state index in [9.17, 15) is 14.4 Å². The highest BCUT2D eigenvalue weighted by molar-refractivity contribution is 6.10. The van der Waals surface area contributed by atoms with E-state index in [-0.39, 0.29) is 30.4 Å². The molecule has 3 rings (SSSR count). The summed E-state index contributed by atoms with van der Waals surface area (Å²) in [6.07, 6.45) is -0.567. The lowest BCUT2D eigenvalue weighted by atomic mass is 10.1. The minimum absolute atomic E-state index is 0.0845. The third kappa shape index (κ3) is 8.67. The van der Waals surface area contributed by atoms with Crippen molar-refractivity contribution < 1.29 is 33.3 Å². The summed E-state index contributed by atoms with van der Waals surface area (Å²) in [6, 6.07) is 18.3. The van der Waals surface area contributed by atoms with Crippen molar-refractivity contribution in [2.75, 3.05) is 38.0 Å². The number of rotatable bonds is 10. The molecule has 0 bridgehead atoms. The topological polar surface area (TPSA) is 124 Å². The summed E-state index contributed by atoms with van der Waals surface area (Å²) in [6.45, 7) is 5.56. The molecule has 10 heteroatoms. The number of amides is 3. The van der Waals surface area contributed by atoms with Crippen LogP contribution in [-0.4, -0.2) is 50.9 Å². The minimum atomic E-state index is -0.618. The van der Waals surface area contributed by atoms with Crippen LogP contribution in [-0.2, 0) is 4.74 Å². The lowest BCUT2D eigenvalue weighted by Crippen LogP contribution is -2.34. The van der Waals surface area contributed by atoms with Crippen molar-refractivity contribution in [1.29, 1.82) is 0 Å². The van der Waals surface area contributed by atoms with Gasteiger partial charge in [-0.25, -0.2) is 4.79 Å². The van der Waals surface area contributed by atoms with Gasteiger partial charge in [0.25, 0.3) is 11.8 Å². The molecule has 0 unspecified atom stereocenters. The van der Waals surface area contributed by atoms with Gasteiger partial charge in [0, 0.05) is 11.6 Å². The lowest BCUT2D eigenvalue weighted by Gasteiger charge is -2.20. The number of benzene rings is 3. The predicted molar refractivity (Wildman–Crippen MR) is 148 cm³/mol. The van der Waals surface area contributed by atoms with E-state index in [4.69, 9.17) is 18.9 Å². The van der Waals surface area contributed by atoms with Gasteiger partial charge in [-0.3, -0.25) is 9.59 Å². The molecule has 0 spiro atoms. The van der Waals surface area contributed by atoms with Crippen molar-refractivity contribution in [2.24, 2.45) is 0 Å². The Kier molecular flexibility index (Phi) is 9.75. The maximum Gasteiger partial charge on any atom is 0.407 e. The molecular weight excluding hydrogens is 502 g/mol. The monoisotopic (exact) mass is 535 g/mol. The molecular formula is C29H33N3O7.